The van der Waals surface area contributed by atoms with Crippen LogP contribution in [0.5, 0.6) is 5.75 Å². The molecular weight excluding hydrogens is 361 g/mol. The van der Waals surface area contributed by atoms with Crippen LogP contribution in [0.15, 0.2) is 114 Å². The van der Waals surface area contributed by atoms with E-state index in [0.717, 1.165) is 5.69 Å². The van der Waals surface area contributed by atoms with Crippen LogP contribution >= 0.6 is 7.92 Å². The molecule has 2 nitrogen and oxygen atoms in total. The Bertz CT molecular complexity index is 1020. The van der Waals surface area contributed by atoms with Crippen LogP contribution in [0.3, 0.4) is 0 Å². The van der Waals surface area contributed by atoms with E-state index in [1.54, 1.807) is 18.3 Å². The molecule has 0 aliphatic rings. The van der Waals surface area contributed by atoms with Gasteiger partial charge in [-0.3, -0.25) is 4.99 Å². The van der Waals surface area contributed by atoms with Crippen molar-refractivity contribution in [2.24, 2.45) is 4.99 Å². The number of aliphatic imine (C=N–C) groups is 1. The first-order valence-corrected chi connectivity index (χ1v) is 10.5. The van der Waals surface area contributed by atoms with Gasteiger partial charge in [0.2, 0.25) is 0 Å². The molecule has 0 fully saturated rings. The maximum atomic E-state index is 9.87. The van der Waals surface area contributed by atoms with Gasteiger partial charge in [0.25, 0.3) is 0 Å². The van der Waals surface area contributed by atoms with Crippen LogP contribution in [0.4, 0.5) is 5.69 Å². The van der Waals surface area contributed by atoms with Crippen molar-refractivity contribution < 1.29 is 5.11 Å². The molecule has 4 aromatic rings. The summed E-state index contributed by atoms with van der Waals surface area (Å²) < 4.78 is 0. The van der Waals surface area contributed by atoms with Crippen LogP contribution in [-0.2, 0) is 0 Å². The van der Waals surface area contributed by atoms with Gasteiger partial charge >= 0.3 is 0 Å². The van der Waals surface area contributed by atoms with Crippen LogP contribution in [0.2, 0.25) is 0 Å². The molecule has 0 unspecified atom stereocenters. The maximum absolute atomic E-state index is 9.87. The number of phenols is 1. The number of aromatic hydroxyl groups is 1. The van der Waals surface area contributed by atoms with Gasteiger partial charge in [0.1, 0.15) is 5.75 Å². The summed E-state index contributed by atoms with van der Waals surface area (Å²) in [7, 11) is -0.608. The third kappa shape index (κ3) is 4.19. The average Bonchev–Trinajstić information content (AvgIpc) is 2.76. The monoisotopic (exact) mass is 381 g/mol. The molecule has 136 valence electrons. The highest BCUT2D eigenvalue weighted by Crippen LogP contribution is 2.33. The molecule has 0 aromatic heterocycles. The number of hydrogen-bond acceptors (Lipinski definition) is 2. The zero-order chi connectivity index (χ0) is 19.2. The maximum Gasteiger partial charge on any atom is 0.124 e. The molecule has 0 saturated heterocycles. The molecule has 0 radical (unpaired) electrons. The predicted molar refractivity (Wildman–Crippen MR) is 121 cm³/mol. The Labute approximate surface area is 166 Å². The zero-order valence-corrected chi connectivity index (χ0v) is 16.2. The Balaban J connectivity index is 1.64. The fraction of sp³-hybridized carbons (Fsp3) is 0. The van der Waals surface area contributed by atoms with E-state index in [1.807, 2.05) is 24.3 Å². The minimum Gasteiger partial charge on any atom is -0.507 e. The summed E-state index contributed by atoms with van der Waals surface area (Å²) in [5, 5.41) is 13.8. The van der Waals surface area contributed by atoms with Crippen molar-refractivity contribution in [3.63, 3.8) is 0 Å². The van der Waals surface area contributed by atoms with E-state index in [9.17, 15) is 5.11 Å². The molecular formula is C25H20NOP. The molecule has 0 spiro atoms. The zero-order valence-electron chi connectivity index (χ0n) is 15.3. The molecule has 4 aromatic carbocycles. The standard InChI is InChI=1S/C25H20NOP/c27-25-14-8-7-9-20(25)19-26-21-15-17-24(18-16-21)28(22-10-3-1-4-11-22)23-12-5-2-6-13-23/h1-19,27H. The number of phenolic OH excluding ortho intramolecular Hbond substituents is 1. The van der Waals surface area contributed by atoms with Gasteiger partial charge in [-0.25, -0.2) is 0 Å². The second-order valence-electron chi connectivity index (χ2n) is 6.34. The van der Waals surface area contributed by atoms with Crippen LogP contribution < -0.4 is 15.9 Å². The van der Waals surface area contributed by atoms with Gasteiger partial charge in [-0.05, 0) is 48.1 Å². The van der Waals surface area contributed by atoms with Crippen molar-refractivity contribution in [3.8, 4) is 5.75 Å². The van der Waals surface area contributed by atoms with Crippen molar-refractivity contribution in [1.29, 1.82) is 0 Å². The fourth-order valence-electron chi connectivity index (χ4n) is 3.03. The second-order valence-corrected chi connectivity index (χ2v) is 8.56. The Morgan fingerprint density at radius 1 is 0.571 bits per heavy atom. The lowest BCUT2D eigenvalue weighted by Gasteiger charge is -2.19. The highest BCUT2D eigenvalue weighted by molar-refractivity contribution is 7.79. The SMILES string of the molecule is Oc1ccccc1C=Nc1ccc(P(c2ccccc2)c2ccccc2)cc1. The summed E-state index contributed by atoms with van der Waals surface area (Å²) in [4.78, 5) is 4.51. The lowest BCUT2D eigenvalue weighted by molar-refractivity contribution is 0.474. The molecule has 0 atom stereocenters. The summed E-state index contributed by atoms with van der Waals surface area (Å²) in [6.45, 7) is 0. The third-order valence-electron chi connectivity index (χ3n) is 4.43. The summed E-state index contributed by atoms with van der Waals surface area (Å²) in [6.07, 6.45) is 1.70. The van der Waals surface area contributed by atoms with Gasteiger partial charge in [-0.1, -0.05) is 84.9 Å². The highest BCUT2D eigenvalue weighted by atomic mass is 31.1. The van der Waals surface area contributed by atoms with E-state index in [0.29, 0.717) is 5.56 Å². The van der Waals surface area contributed by atoms with Crippen LogP contribution in [-0.4, -0.2) is 11.3 Å². The average molecular weight is 381 g/mol. The summed E-state index contributed by atoms with van der Waals surface area (Å²) >= 11 is 0. The number of hydrogen-bond donors (Lipinski definition) is 1. The molecule has 28 heavy (non-hydrogen) atoms. The second kappa shape index (κ2) is 8.65. The summed E-state index contributed by atoms with van der Waals surface area (Å²) in [6, 6.07) is 36.9. The van der Waals surface area contributed by atoms with Crippen molar-refractivity contribution in [1.82, 2.24) is 0 Å². The largest absolute Gasteiger partial charge is 0.507 e. The minimum atomic E-state index is -0.608. The number of rotatable bonds is 5. The third-order valence-corrected chi connectivity index (χ3v) is 6.87. The first kappa shape index (κ1) is 18.2. The number of nitrogens with zero attached hydrogens (tertiary/aromatic N) is 1. The molecule has 3 heteroatoms. The number of benzene rings is 4. The minimum absolute atomic E-state index is 0.236. The number of para-hydroxylation sites is 1. The van der Waals surface area contributed by atoms with Gasteiger partial charge in [0.15, 0.2) is 0 Å². The topological polar surface area (TPSA) is 32.6 Å². The molecule has 0 heterocycles. The molecule has 0 aliphatic carbocycles. The Kier molecular flexibility index (Phi) is 5.61. The summed E-state index contributed by atoms with van der Waals surface area (Å²) in [5.74, 6) is 0.236. The molecule has 0 amide bonds. The van der Waals surface area contributed by atoms with Gasteiger partial charge in [-0.15, -0.1) is 0 Å². The Morgan fingerprint density at radius 3 is 1.64 bits per heavy atom. The molecule has 4 rings (SSSR count). The lowest BCUT2D eigenvalue weighted by atomic mass is 10.2. The molecule has 0 saturated carbocycles. The van der Waals surface area contributed by atoms with Crippen LogP contribution in [0.1, 0.15) is 5.56 Å². The van der Waals surface area contributed by atoms with E-state index in [4.69, 9.17) is 0 Å². The van der Waals surface area contributed by atoms with Gasteiger partial charge < -0.3 is 5.11 Å². The van der Waals surface area contributed by atoms with Gasteiger partial charge in [0, 0.05) is 11.8 Å². The van der Waals surface area contributed by atoms with Crippen LogP contribution in [0.25, 0.3) is 0 Å². The first-order valence-electron chi connectivity index (χ1n) is 9.13. The highest BCUT2D eigenvalue weighted by Gasteiger charge is 2.15. The fourth-order valence-corrected chi connectivity index (χ4v) is 5.31. The first-order chi connectivity index (χ1) is 13.8. The van der Waals surface area contributed by atoms with Gasteiger partial charge in [-0.2, -0.15) is 0 Å². The predicted octanol–water partition coefficient (Wildman–Crippen LogP) is 4.90. The van der Waals surface area contributed by atoms with E-state index >= 15 is 0 Å². The Morgan fingerprint density at radius 2 is 1.07 bits per heavy atom. The summed E-state index contributed by atoms with van der Waals surface area (Å²) in [5.41, 5.74) is 1.57. The van der Waals surface area contributed by atoms with E-state index in [1.165, 1.54) is 15.9 Å². The van der Waals surface area contributed by atoms with E-state index in [-0.39, 0.29) is 5.75 Å². The van der Waals surface area contributed by atoms with Crippen molar-refractivity contribution >= 4 is 35.7 Å². The molecule has 1 N–H and O–H groups in total. The lowest BCUT2D eigenvalue weighted by Crippen LogP contribution is -2.20. The molecule has 0 bridgehead atoms. The van der Waals surface area contributed by atoms with E-state index < -0.39 is 7.92 Å². The van der Waals surface area contributed by atoms with E-state index in [2.05, 4.69) is 77.8 Å². The van der Waals surface area contributed by atoms with Crippen molar-refractivity contribution in [3.05, 3.63) is 115 Å². The molecule has 0 aliphatic heterocycles. The van der Waals surface area contributed by atoms with Crippen molar-refractivity contribution in [2.45, 2.75) is 0 Å². The Hall–Kier alpha value is -3.22. The quantitative estimate of drug-likeness (QED) is 0.387. The van der Waals surface area contributed by atoms with Crippen molar-refractivity contribution in [2.75, 3.05) is 0 Å². The smallest absolute Gasteiger partial charge is 0.124 e. The normalized spacial score (nSPS) is 11.2. The van der Waals surface area contributed by atoms with Crippen LogP contribution in [0, 0.1) is 0 Å². The van der Waals surface area contributed by atoms with Gasteiger partial charge in [0.05, 0.1) is 5.69 Å².